The topological polar surface area (TPSA) is 55.1 Å². The predicted molar refractivity (Wildman–Crippen MR) is 54.4 cm³/mol. The van der Waals surface area contributed by atoms with Crippen molar-refractivity contribution < 1.29 is 9.90 Å². The van der Waals surface area contributed by atoms with Gasteiger partial charge in [0.25, 0.3) is 0 Å². The Hall–Kier alpha value is -0.840. The number of hydrogen-bond donors (Lipinski definition) is 1. The summed E-state index contributed by atoms with van der Waals surface area (Å²) in [6.45, 7) is 0. The van der Waals surface area contributed by atoms with Crippen molar-refractivity contribution >= 4 is 21.9 Å². The highest BCUT2D eigenvalue weighted by Gasteiger charge is 2.22. The van der Waals surface area contributed by atoms with Crippen LogP contribution in [0.25, 0.3) is 0 Å². The first-order chi connectivity index (χ1) is 6.70. The molecule has 1 aromatic rings. The van der Waals surface area contributed by atoms with Crippen LogP contribution in [-0.4, -0.2) is 20.9 Å². The Kier molecular flexibility index (Phi) is 2.58. The smallest absolute Gasteiger partial charge is 0.340 e. The molecule has 1 heterocycles. The molecular weight excluding hydrogens is 248 g/mol. The molecule has 1 fully saturated rings. The summed E-state index contributed by atoms with van der Waals surface area (Å²) in [4.78, 5) is 10.8. The molecule has 1 N–H and O–H groups in total. The Labute approximate surface area is 90.0 Å². The van der Waals surface area contributed by atoms with E-state index in [1.54, 1.807) is 4.68 Å². The van der Waals surface area contributed by atoms with E-state index in [0.717, 1.165) is 12.8 Å². The molecule has 0 radical (unpaired) electrons. The van der Waals surface area contributed by atoms with Gasteiger partial charge in [-0.1, -0.05) is 12.8 Å². The fourth-order valence-electron chi connectivity index (χ4n) is 1.89. The van der Waals surface area contributed by atoms with Crippen LogP contribution in [0.2, 0.25) is 0 Å². The number of aromatic nitrogens is 2. The minimum absolute atomic E-state index is 0.247. The van der Waals surface area contributed by atoms with E-state index in [0.29, 0.717) is 10.6 Å². The summed E-state index contributed by atoms with van der Waals surface area (Å²) in [7, 11) is 0. The summed E-state index contributed by atoms with van der Waals surface area (Å²) in [6, 6.07) is 0.373. The lowest BCUT2D eigenvalue weighted by molar-refractivity contribution is 0.0695. The third-order valence-corrected chi connectivity index (χ3v) is 3.43. The Morgan fingerprint density at radius 1 is 1.57 bits per heavy atom. The van der Waals surface area contributed by atoms with E-state index >= 15 is 0 Å². The number of halogens is 1. The third kappa shape index (κ3) is 1.56. The number of carboxylic acid groups (broad SMARTS) is 1. The number of rotatable bonds is 2. The molecule has 4 nitrogen and oxygen atoms in total. The Balaban J connectivity index is 2.30. The maximum Gasteiger partial charge on any atom is 0.340 e. The van der Waals surface area contributed by atoms with Gasteiger partial charge < -0.3 is 5.11 Å². The molecule has 0 unspecified atom stereocenters. The lowest BCUT2D eigenvalue weighted by atomic mass is 10.2. The molecule has 14 heavy (non-hydrogen) atoms. The lowest BCUT2D eigenvalue weighted by Crippen LogP contribution is -2.07. The molecule has 1 aliphatic rings. The number of carboxylic acids is 1. The first-order valence-corrected chi connectivity index (χ1v) is 5.45. The Bertz CT molecular complexity index is 356. The molecule has 2 rings (SSSR count). The monoisotopic (exact) mass is 258 g/mol. The number of hydrogen-bond acceptors (Lipinski definition) is 2. The minimum Gasteiger partial charge on any atom is -0.478 e. The van der Waals surface area contributed by atoms with E-state index in [4.69, 9.17) is 5.11 Å². The van der Waals surface area contributed by atoms with Crippen LogP contribution < -0.4 is 0 Å². The molecule has 76 valence electrons. The van der Waals surface area contributed by atoms with Crippen LogP contribution in [0.1, 0.15) is 42.1 Å². The van der Waals surface area contributed by atoms with Crippen molar-refractivity contribution in [1.82, 2.24) is 9.78 Å². The van der Waals surface area contributed by atoms with Crippen LogP contribution in [0.5, 0.6) is 0 Å². The second-order valence-electron chi connectivity index (χ2n) is 3.54. The van der Waals surface area contributed by atoms with Gasteiger partial charge in [0.15, 0.2) is 0 Å². The maximum atomic E-state index is 10.8. The van der Waals surface area contributed by atoms with E-state index in [2.05, 4.69) is 21.0 Å². The molecular formula is C9H11BrN2O2. The van der Waals surface area contributed by atoms with Crippen molar-refractivity contribution in [3.05, 3.63) is 16.4 Å². The molecule has 0 saturated heterocycles. The molecule has 0 aliphatic heterocycles. The molecule has 5 heteroatoms. The van der Waals surface area contributed by atoms with Gasteiger partial charge in [-0.2, -0.15) is 5.10 Å². The predicted octanol–water partition coefficient (Wildman–Crippen LogP) is 2.46. The largest absolute Gasteiger partial charge is 0.478 e. The van der Waals surface area contributed by atoms with E-state index in [-0.39, 0.29) is 5.56 Å². The fourth-order valence-corrected chi connectivity index (χ4v) is 2.55. The van der Waals surface area contributed by atoms with Gasteiger partial charge in [-0.25, -0.2) is 4.79 Å². The van der Waals surface area contributed by atoms with Gasteiger partial charge in [0.2, 0.25) is 0 Å². The van der Waals surface area contributed by atoms with E-state index in [1.165, 1.54) is 19.0 Å². The van der Waals surface area contributed by atoms with Gasteiger partial charge in [-0.3, -0.25) is 4.68 Å². The van der Waals surface area contributed by atoms with Crippen LogP contribution in [0, 0.1) is 0 Å². The SMILES string of the molecule is O=C(O)c1cnn(C2CCCC2)c1Br. The first-order valence-electron chi connectivity index (χ1n) is 4.66. The van der Waals surface area contributed by atoms with Crippen LogP contribution in [-0.2, 0) is 0 Å². The number of aromatic carboxylic acids is 1. The molecule has 0 bridgehead atoms. The molecule has 0 amide bonds. The zero-order chi connectivity index (χ0) is 10.1. The van der Waals surface area contributed by atoms with Crippen molar-refractivity contribution in [2.75, 3.05) is 0 Å². The normalized spacial score (nSPS) is 17.5. The van der Waals surface area contributed by atoms with Gasteiger partial charge in [0.05, 0.1) is 12.2 Å². The third-order valence-electron chi connectivity index (χ3n) is 2.64. The van der Waals surface area contributed by atoms with Crippen LogP contribution in [0.3, 0.4) is 0 Å². The van der Waals surface area contributed by atoms with Crippen molar-refractivity contribution in [1.29, 1.82) is 0 Å². The zero-order valence-electron chi connectivity index (χ0n) is 7.61. The molecule has 0 aromatic carbocycles. The van der Waals surface area contributed by atoms with Crippen LogP contribution >= 0.6 is 15.9 Å². The maximum absolute atomic E-state index is 10.8. The Morgan fingerprint density at radius 2 is 2.21 bits per heavy atom. The summed E-state index contributed by atoms with van der Waals surface area (Å²) in [5.41, 5.74) is 0.247. The molecule has 1 saturated carbocycles. The molecule has 0 atom stereocenters. The van der Waals surface area contributed by atoms with Gasteiger partial charge in [0.1, 0.15) is 10.2 Å². The zero-order valence-corrected chi connectivity index (χ0v) is 9.20. The van der Waals surface area contributed by atoms with E-state index in [9.17, 15) is 4.79 Å². The van der Waals surface area contributed by atoms with Crippen molar-refractivity contribution in [3.63, 3.8) is 0 Å². The fraction of sp³-hybridized carbons (Fsp3) is 0.556. The van der Waals surface area contributed by atoms with Crippen molar-refractivity contribution in [2.24, 2.45) is 0 Å². The van der Waals surface area contributed by atoms with Gasteiger partial charge in [-0.15, -0.1) is 0 Å². The minimum atomic E-state index is -0.930. The second-order valence-corrected chi connectivity index (χ2v) is 4.29. The molecule has 1 aliphatic carbocycles. The summed E-state index contributed by atoms with van der Waals surface area (Å²) in [5, 5.41) is 12.9. The van der Waals surface area contributed by atoms with Crippen molar-refractivity contribution in [2.45, 2.75) is 31.7 Å². The average Bonchev–Trinajstić information content (AvgIpc) is 2.71. The van der Waals surface area contributed by atoms with Gasteiger partial charge in [0, 0.05) is 0 Å². The summed E-state index contributed by atoms with van der Waals surface area (Å²) in [5.74, 6) is -0.930. The van der Waals surface area contributed by atoms with Gasteiger partial charge in [-0.05, 0) is 28.8 Å². The number of nitrogens with zero attached hydrogens (tertiary/aromatic N) is 2. The van der Waals surface area contributed by atoms with E-state index < -0.39 is 5.97 Å². The molecule has 0 spiro atoms. The van der Waals surface area contributed by atoms with Crippen LogP contribution in [0.15, 0.2) is 10.8 Å². The van der Waals surface area contributed by atoms with Gasteiger partial charge >= 0.3 is 5.97 Å². The highest BCUT2D eigenvalue weighted by Crippen LogP contribution is 2.32. The summed E-state index contributed by atoms with van der Waals surface area (Å²) < 4.78 is 2.38. The second kappa shape index (κ2) is 3.73. The highest BCUT2D eigenvalue weighted by atomic mass is 79.9. The Morgan fingerprint density at radius 3 is 2.71 bits per heavy atom. The standard InChI is InChI=1S/C9H11BrN2O2/c10-8-7(9(13)14)5-11-12(8)6-3-1-2-4-6/h5-6H,1-4H2,(H,13,14). The summed E-state index contributed by atoms with van der Waals surface area (Å²) >= 11 is 3.28. The molecule has 1 aromatic heterocycles. The average molecular weight is 259 g/mol. The van der Waals surface area contributed by atoms with Crippen molar-refractivity contribution in [3.8, 4) is 0 Å². The highest BCUT2D eigenvalue weighted by molar-refractivity contribution is 9.10. The summed E-state index contributed by atoms with van der Waals surface area (Å²) in [6.07, 6.45) is 6.02. The quantitative estimate of drug-likeness (QED) is 0.887. The van der Waals surface area contributed by atoms with E-state index in [1.807, 2.05) is 0 Å². The lowest BCUT2D eigenvalue weighted by Gasteiger charge is -2.10. The van der Waals surface area contributed by atoms with Crippen LogP contribution in [0.4, 0.5) is 0 Å². The first kappa shape index (κ1) is 9.71. The number of carbonyl (C=O) groups is 1.